The van der Waals surface area contributed by atoms with Gasteiger partial charge >= 0.3 is 5.97 Å². The Labute approximate surface area is 71.2 Å². The quantitative estimate of drug-likeness (QED) is 0.563. The molecule has 1 aliphatic rings. The molecule has 1 unspecified atom stereocenters. The second-order valence-electron chi connectivity index (χ2n) is 3.06. The molecule has 0 amide bonds. The summed E-state index contributed by atoms with van der Waals surface area (Å²) in [6.45, 7) is 2.08. The summed E-state index contributed by atoms with van der Waals surface area (Å²) in [4.78, 5) is 11.1. The van der Waals surface area contributed by atoms with Crippen LogP contribution in [0.25, 0.3) is 0 Å². The zero-order chi connectivity index (χ0) is 9.14. The van der Waals surface area contributed by atoms with Gasteiger partial charge in [-0.1, -0.05) is 0 Å². The minimum atomic E-state index is -0.764. The molecule has 0 aromatic heterocycles. The molecule has 1 fully saturated rings. The lowest BCUT2D eigenvalue weighted by atomic mass is 10.1. The van der Waals surface area contributed by atoms with Crippen molar-refractivity contribution in [1.29, 1.82) is 0 Å². The third kappa shape index (κ3) is 1.95. The number of aliphatic hydroxyl groups excluding tert-OH is 2. The molecule has 0 bridgehead atoms. The Morgan fingerprint density at radius 3 is 2.33 bits per heavy atom. The Hall–Kier alpha value is -0.610. The number of carbonyl (C=O) groups is 1. The smallest absolute Gasteiger partial charge is 0.309 e. The molecular formula is C8H14O4. The van der Waals surface area contributed by atoms with Crippen LogP contribution in [-0.2, 0) is 9.53 Å². The largest absolute Gasteiger partial charge is 0.466 e. The lowest BCUT2D eigenvalue weighted by Gasteiger charge is -2.06. The second-order valence-corrected chi connectivity index (χ2v) is 3.06. The maximum Gasteiger partial charge on any atom is 0.309 e. The first kappa shape index (κ1) is 9.48. The van der Waals surface area contributed by atoms with Crippen molar-refractivity contribution in [2.75, 3.05) is 6.61 Å². The monoisotopic (exact) mass is 174 g/mol. The fourth-order valence-corrected chi connectivity index (χ4v) is 1.45. The summed E-state index contributed by atoms with van der Waals surface area (Å²) in [5, 5.41) is 18.3. The van der Waals surface area contributed by atoms with Gasteiger partial charge in [-0.05, 0) is 19.8 Å². The van der Waals surface area contributed by atoms with Crippen LogP contribution >= 0.6 is 0 Å². The lowest BCUT2D eigenvalue weighted by Crippen LogP contribution is -2.17. The summed E-state index contributed by atoms with van der Waals surface area (Å²) in [6, 6.07) is 0. The molecule has 0 heterocycles. The van der Waals surface area contributed by atoms with E-state index in [1.807, 2.05) is 0 Å². The molecule has 4 nitrogen and oxygen atoms in total. The Morgan fingerprint density at radius 2 is 1.92 bits per heavy atom. The van der Waals surface area contributed by atoms with Crippen molar-refractivity contribution < 1.29 is 19.7 Å². The molecule has 0 aliphatic heterocycles. The maximum absolute atomic E-state index is 11.1. The van der Waals surface area contributed by atoms with E-state index >= 15 is 0 Å². The molecule has 0 aromatic carbocycles. The molecule has 70 valence electrons. The fraction of sp³-hybridized carbons (Fsp3) is 0.875. The van der Waals surface area contributed by atoms with Crippen LogP contribution < -0.4 is 0 Å². The van der Waals surface area contributed by atoms with Gasteiger partial charge in [0.1, 0.15) is 0 Å². The highest BCUT2D eigenvalue weighted by atomic mass is 16.5. The summed E-state index contributed by atoms with van der Waals surface area (Å²) in [6.07, 6.45) is -0.890. The molecule has 0 saturated heterocycles. The van der Waals surface area contributed by atoms with Gasteiger partial charge in [0.2, 0.25) is 0 Å². The van der Waals surface area contributed by atoms with E-state index in [2.05, 4.69) is 0 Å². The van der Waals surface area contributed by atoms with Crippen LogP contribution in [0.5, 0.6) is 0 Å². The van der Waals surface area contributed by atoms with Crippen LogP contribution in [0.4, 0.5) is 0 Å². The second kappa shape index (κ2) is 3.87. The Kier molecular flexibility index (Phi) is 3.05. The normalized spacial score (nSPS) is 35.1. The predicted octanol–water partition coefficient (Wildman–Crippen LogP) is -0.319. The minimum Gasteiger partial charge on any atom is -0.466 e. The van der Waals surface area contributed by atoms with E-state index in [0.717, 1.165) is 0 Å². The van der Waals surface area contributed by atoms with Gasteiger partial charge in [0.15, 0.2) is 0 Å². The SMILES string of the molecule is CCOC(=O)C1C[C@@H](O)[C@@H](O)C1. The first-order chi connectivity index (χ1) is 5.65. The van der Waals surface area contributed by atoms with Crippen LogP contribution in [0.3, 0.4) is 0 Å². The number of ether oxygens (including phenoxy) is 1. The predicted molar refractivity (Wildman–Crippen MR) is 41.4 cm³/mol. The summed E-state index contributed by atoms with van der Waals surface area (Å²) in [5.74, 6) is -0.636. The highest BCUT2D eigenvalue weighted by molar-refractivity contribution is 5.72. The summed E-state index contributed by atoms with van der Waals surface area (Å²) in [7, 11) is 0. The number of aliphatic hydroxyl groups is 2. The third-order valence-corrected chi connectivity index (χ3v) is 2.12. The van der Waals surface area contributed by atoms with Crippen LogP contribution in [0.2, 0.25) is 0 Å². The van der Waals surface area contributed by atoms with Crippen LogP contribution in [0.15, 0.2) is 0 Å². The van der Waals surface area contributed by atoms with E-state index in [0.29, 0.717) is 19.4 Å². The molecule has 12 heavy (non-hydrogen) atoms. The average Bonchev–Trinajstić information content (AvgIpc) is 2.33. The van der Waals surface area contributed by atoms with Gasteiger partial charge in [0.25, 0.3) is 0 Å². The lowest BCUT2D eigenvalue weighted by molar-refractivity contribution is -0.148. The zero-order valence-electron chi connectivity index (χ0n) is 7.06. The topological polar surface area (TPSA) is 66.8 Å². The van der Waals surface area contributed by atoms with Gasteiger partial charge < -0.3 is 14.9 Å². The van der Waals surface area contributed by atoms with Crippen molar-refractivity contribution in [2.24, 2.45) is 5.92 Å². The minimum absolute atomic E-state index is 0.312. The van der Waals surface area contributed by atoms with Crippen LogP contribution in [0.1, 0.15) is 19.8 Å². The molecule has 3 atom stereocenters. The van der Waals surface area contributed by atoms with Crippen LogP contribution in [0, 0.1) is 5.92 Å². The van der Waals surface area contributed by atoms with Crippen molar-refractivity contribution in [1.82, 2.24) is 0 Å². The van der Waals surface area contributed by atoms with Crippen molar-refractivity contribution in [3.63, 3.8) is 0 Å². The number of rotatable bonds is 2. The van der Waals surface area contributed by atoms with E-state index in [4.69, 9.17) is 14.9 Å². The number of carbonyl (C=O) groups excluding carboxylic acids is 1. The molecule has 0 spiro atoms. The Morgan fingerprint density at radius 1 is 1.42 bits per heavy atom. The van der Waals surface area contributed by atoms with E-state index in [-0.39, 0.29) is 11.9 Å². The molecule has 0 aromatic rings. The molecular weight excluding hydrogens is 160 g/mol. The van der Waals surface area contributed by atoms with Gasteiger partial charge in [-0.2, -0.15) is 0 Å². The zero-order valence-corrected chi connectivity index (χ0v) is 7.06. The summed E-state index contributed by atoms with van der Waals surface area (Å²) >= 11 is 0. The van der Waals surface area contributed by atoms with Crippen molar-refractivity contribution in [3.05, 3.63) is 0 Å². The van der Waals surface area contributed by atoms with E-state index in [1.54, 1.807) is 6.92 Å². The van der Waals surface area contributed by atoms with Gasteiger partial charge in [-0.25, -0.2) is 0 Å². The van der Waals surface area contributed by atoms with Gasteiger partial charge in [-0.3, -0.25) is 4.79 Å². The highest BCUT2D eigenvalue weighted by Crippen LogP contribution is 2.26. The first-order valence-corrected chi connectivity index (χ1v) is 4.18. The number of hydrogen-bond acceptors (Lipinski definition) is 4. The van der Waals surface area contributed by atoms with Gasteiger partial charge in [-0.15, -0.1) is 0 Å². The number of esters is 1. The first-order valence-electron chi connectivity index (χ1n) is 4.18. The molecule has 1 saturated carbocycles. The standard InChI is InChI=1S/C8H14O4/c1-2-12-8(11)5-3-6(9)7(10)4-5/h5-7,9-10H,2-4H2,1H3/t5?,6-,7+. The summed E-state index contributed by atoms with van der Waals surface area (Å²) < 4.78 is 4.76. The Bertz CT molecular complexity index is 158. The number of hydrogen-bond donors (Lipinski definition) is 2. The third-order valence-electron chi connectivity index (χ3n) is 2.12. The van der Waals surface area contributed by atoms with Crippen LogP contribution in [-0.4, -0.2) is 35.0 Å². The molecule has 2 N–H and O–H groups in total. The molecule has 0 radical (unpaired) electrons. The Balaban J connectivity index is 2.40. The van der Waals surface area contributed by atoms with E-state index < -0.39 is 12.2 Å². The average molecular weight is 174 g/mol. The molecule has 1 aliphatic carbocycles. The van der Waals surface area contributed by atoms with Gasteiger partial charge in [0, 0.05) is 0 Å². The maximum atomic E-state index is 11.1. The van der Waals surface area contributed by atoms with Crippen molar-refractivity contribution in [2.45, 2.75) is 32.0 Å². The molecule has 4 heteroatoms. The van der Waals surface area contributed by atoms with E-state index in [1.165, 1.54) is 0 Å². The van der Waals surface area contributed by atoms with Gasteiger partial charge in [0.05, 0.1) is 24.7 Å². The molecule has 1 rings (SSSR count). The fourth-order valence-electron chi connectivity index (χ4n) is 1.45. The summed E-state index contributed by atoms with van der Waals surface area (Å²) in [5.41, 5.74) is 0. The van der Waals surface area contributed by atoms with Crippen molar-refractivity contribution in [3.8, 4) is 0 Å². The van der Waals surface area contributed by atoms with E-state index in [9.17, 15) is 4.79 Å². The highest BCUT2D eigenvalue weighted by Gasteiger charge is 2.36. The van der Waals surface area contributed by atoms with Crippen molar-refractivity contribution >= 4 is 5.97 Å².